The number of piperazine rings is 1. The molecule has 0 aromatic heterocycles. The van der Waals surface area contributed by atoms with Crippen molar-refractivity contribution in [1.29, 1.82) is 0 Å². The first-order valence-corrected chi connectivity index (χ1v) is 6.51. The lowest BCUT2D eigenvalue weighted by Gasteiger charge is -2.27. The Morgan fingerprint density at radius 3 is 2.80 bits per heavy atom. The largest absolute Gasteiger partial charge is 0.477 e. The Morgan fingerprint density at radius 1 is 1.45 bits per heavy atom. The maximum atomic E-state index is 11.9. The second-order valence-corrected chi connectivity index (χ2v) is 4.73. The summed E-state index contributed by atoms with van der Waals surface area (Å²) >= 11 is 5.70. The van der Waals surface area contributed by atoms with Crippen LogP contribution < -0.4 is 10.1 Å². The van der Waals surface area contributed by atoms with Gasteiger partial charge in [0.25, 0.3) is 5.91 Å². The van der Waals surface area contributed by atoms with Crippen LogP contribution in [0.3, 0.4) is 0 Å². The van der Waals surface area contributed by atoms with Gasteiger partial charge < -0.3 is 15.0 Å². The lowest BCUT2D eigenvalue weighted by Crippen LogP contribution is -2.47. The first-order chi connectivity index (χ1) is 9.58. The van der Waals surface area contributed by atoms with Crippen LogP contribution >= 0.6 is 11.6 Å². The lowest BCUT2D eigenvalue weighted by atomic mass is 10.3. The number of carbonyl (C=O) groups is 1. The molecule has 1 N–H and O–H groups in total. The lowest BCUT2D eigenvalue weighted by molar-refractivity contribution is -0.385. The summed E-state index contributed by atoms with van der Waals surface area (Å²) in [5, 5.41) is 14.3. The van der Waals surface area contributed by atoms with E-state index < -0.39 is 4.92 Å². The fourth-order valence-electron chi connectivity index (χ4n) is 1.90. The van der Waals surface area contributed by atoms with Gasteiger partial charge in [0.15, 0.2) is 12.4 Å². The molecule has 1 saturated heterocycles. The van der Waals surface area contributed by atoms with E-state index in [1.165, 1.54) is 18.2 Å². The summed E-state index contributed by atoms with van der Waals surface area (Å²) in [5.74, 6) is -0.140. The number of hydrogen-bond donors (Lipinski definition) is 1. The molecular weight excluding hydrogens is 286 g/mol. The van der Waals surface area contributed by atoms with E-state index >= 15 is 0 Å². The molecule has 2 rings (SSSR count). The fraction of sp³-hybridized carbons (Fsp3) is 0.417. The van der Waals surface area contributed by atoms with Crippen molar-refractivity contribution in [3.8, 4) is 5.75 Å². The van der Waals surface area contributed by atoms with E-state index in [-0.39, 0.29) is 29.0 Å². The van der Waals surface area contributed by atoms with Gasteiger partial charge in [0, 0.05) is 37.3 Å². The topological polar surface area (TPSA) is 84.7 Å². The zero-order valence-corrected chi connectivity index (χ0v) is 11.4. The van der Waals surface area contributed by atoms with Crippen LogP contribution in [0.2, 0.25) is 5.02 Å². The first-order valence-electron chi connectivity index (χ1n) is 6.13. The quantitative estimate of drug-likeness (QED) is 0.664. The minimum atomic E-state index is -0.587. The number of nitro benzene ring substituents is 1. The minimum Gasteiger partial charge on any atom is -0.477 e. The van der Waals surface area contributed by atoms with Gasteiger partial charge in [0.05, 0.1) is 4.92 Å². The number of amides is 1. The number of nitrogens with one attached hydrogen (secondary N) is 1. The molecule has 0 atom stereocenters. The molecular formula is C12H14ClN3O4. The van der Waals surface area contributed by atoms with E-state index in [1.54, 1.807) is 4.90 Å². The summed E-state index contributed by atoms with van der Waals surface area (Å²) in [6.45, 7) is 2.50. The molecule has 0 spiro atoms. The normalized spacial score (nSPS) is 14.9. The Morgan fingerprint density at radius 2 is 2.15 bits per heavy atom. The molecule has 0 saturated carbocycles. The molecule has 108 valence electrons. The highest BCUT2D eigenvalue weighted by Crippen LogP contribution is 2.29. The van der Waals surface area contributed by atoms with Crippen molar-refractivity contribution in [2.24, 2.45) is 0 Å². The van der Waals surface area contributed by atoms with Crippen LogP contribution in [0.5, 0.6) is 5.75 Å². The van der Waals surface area contributed by atoms with Crippen LogP contribution in [0.4, 0.5) is 5.69 Å². The highest BCUT2D eigenvalue weighted by molar-refractivity contribution is 6.30. The number of hydrogen-bond acceptors (Lipinski definition) is 5. The van der Waals surface area contributed by atoms with Crippen molar-refractivity contribution in [3.05, 3.63) is 33.3 Å². The maximum Gasteiger partial charge on any atom is 0.312 e. The van der Waals surface area contributed by atoms with Crippen molar-refractivity contribution in [1.82, 2.24) is 10.2 Å². The zero-order chi connectivity index (χ0) is 14.5. The van der Waals surface area contributed by atoms with E-state index in [4.69, 9.17) is 16.3 Å². The summed E-state index contributed by atoms with van der Waals surface area (Å²) < 4.78 is 5.26. The first kappa shape index (κ1) is 14.5. The summed E-state index contributed by atoms with van der Waals surface area (Å²) in [6, 6.07) is 4.08. The maximum absolute atomic E-state index is 11.9. The minimum absolute atomic E-state index is 0.0443. The van der Waals surface area contributed by atoms with Gasteiger partial charge >= 0.3 is 5.69 Å². The highest BCUT2D eigenvalue weighted by atomic mass is 35.5. The monoisotopic (exact) mass is 299 g/mol. The molecule has 1 aliphatic heterocycles. The van der Waals surface area contributed by atoms with Crippen LogP contribution in [-0.4, -0.2) is 48.5 Å². The summed E-state index contributed by atoms with van der Waals surface area (Å²) in [7, 11) is 0. The van der Waals surface area contributed by atoms with E-state index in [0.29, 0.717) is 13.1 Å². The number of carbonyl (C=O) groups excluding carboxylic acids is 1. The van der Waals surface area contributed by atoms with Gasteiger partial charge in [-0.05, 0) is 12.1 Å². The van der Waals surface area contributed by atoms with Gasteiger partial charge in [0.2, 0.25) is 0 Å². The summed E-state index contributed by atoms with van der Waals surface area (Å²) in [5.41, 5.74) is -0.245. The highest BCUT2D eigenvalue weighted by Gasteiger charge is 2.20. The average Bonchev–Trinajstić information content (AvgIpc) is 2.46. The number of benzene rings is 1. The third-order valence-electron chi connectivity index (χ3n) is 2.94. The Labute approximate surface area is 120 Å². The van der Waals surface area contributed by atoms with Gasteiger partial charge in [-0.25, -0.2) is 0 Å². The molecule has 1 aliphatic rings. The summed E-state index contributed by atoms with van der Waals surface area (Å²) in [6.07, 6.45) is 0. The van der Waals surface area contributed by atoms with Crippen molar-refractivity contribution in [2.75, 3.05) is 32.8 Å². The third-order valence-corrected chi connectivity index (χ3v) is 3.17. The van der Waals surface area contributed by atoms with Crippen LogP contribution in [-0.2, 0) is 4.79 Å². The molecule has 0 radical (unpaired) electrons. The fourth-order valence-corrected chi connectivity index (χ4v) is 2.07. The van der Waals surface area contributed by atoms with Crippen LogP contribution in [0.15, 0.2) is 18.2 Å². The molecule has 1 fully saturated rings. The smallest absolute Gasteiger partial charge is 0.312 e. The van der Waals surface area contributed by atoms with E-state index in [1.807, 2.05) is 0 Å². The molecule has 0 aliphatic carbocycles. The molecule has 0 unspecified atom stereocenters. The predicted octanol–water partition coefficient (Wildman–Crippen LogP) is 1.06. The van der Waals surface area contributed by atoms with Crippen molar-refractivity contribution >= 4 is 23.2 Å². The predicted molar refractivity (Wildman–Crippen MR) is 73.1 cm³/mol. The summed E-state index contributed by atoms with van der Waals surface area (Å²) in [4.78, 5) is 23.9. The SMILES string of the molecule is O=C(COc1ccc(Cl)cc1[N+](=O)[O-])N1CCNCC1. The third kappa shape index (κ3) is 3.58. The average molecular weight is 300 g/mol. The van der Waals surface area contributed by atoms with Gasteiger partial charge in [-0.3, -0.25) is 14.9 Å². The number of halogens is 1. The number of rotatable bonds is 4. The Bertz CT molecular complexity index is 517. The number of ether oxygens (including phenoxy) is 1. The molecule has 7 nitrogen and oxygen atoms in total. The van der Waals surface area contributed by atoms with Gasteiger partial charge in [-0.1, -0.05) is 11.6 Å². The second kappa shape index (κ2) is 6.53. The molecule has 20 heavy (non-hydrogen) atoms. The van der Waals surface area contributed by atoms with E-state index in [0.717, 1.165) is 13.1 Å². The molecule has 1 heterocycles. The number of nitrogens with zero attached hydrogens (tertiary/aromatic N) is 2. The molecule has 1 aromatic carbocycles. The van der Waals surface area contributed by atoms with Gasteiger partial charge in [-0.2, -0.15) is 0 Å². The van der Waals surface area contributed by atoms with Crippen LogP contribution in [0.1, 0.15) is 0 Å². The van der Waals surface area contributed by atoms with Crippen molar-refractivity contribution in [3.63, 3.8) is 0 Å². The Hall–Kier alpha value is -1.86. The van der Waals surface area contributed by atoms with Crippen LogP contribution in [0, 0.1) is 10.1 Å². The van der Waals surface area contributed by atoms with E-state index in [9.17, 15) is 14.9 Å². The molecule has 1 amide bonds. The van der Waals surface area contributed by atoms with Crippen molar-refractivity contribution < 1.29 is 14.5 Å². The van der Waals surface area contributed by atoms with Crippen LogP contribution in [0.25, 0.3) is 0 Å². The van der Waals surface area contributed by atoms with Gasteiger partial charge in [-0.15, -0.1) is 0 Å². The molecule has 8 heteroatoms. The molecule has 1 aromatic rings. The Balaban J connectivity index is 1.99. The number of nitro groups is 1. The second-order valence-electron chi connectivity index (χ2n) is 4.29. The standard InChI is InChI=1S/C12H14ClN3O4/c13-9-1-2-11(10(7-9)16(18)19)20-8-12(17)15-5-3-14-4-6-15/h1-2,7,14H,3-6,8H2. The Kier molecular flexibility index (Phi) is 4.75. The van der Waals surface area contributed by atoms with E-state index in [2.05, 4.69) is 5.32 Å². The van der Waals surface area contributed by atoms with Crippen molar-refractivity contribution in [2.45, 2.75) is 0 Å². The van der Waals surface area contributed by atoms with Gasteiger partial charge in [0.1, 0.15) is 0 Å². The molecule has 0 bridgehead atoms. The zero-order valence-electron chi connectivity index (χ0n) is 10.7.